The Morgan fingerprint density at radius 1 is 1.00 bits per heavy atom. The van der Waals surface area contributed by atoms with Gasteiger partial charge >= 0.3 is 0 Å². The average Bonchev–Trinajstić information content (AvgIpc) is 2.63. The SMILES string of the molecule is CCCCC1=CC=CC=CN1Cc1ccccc1. The van der Waals surface area contributed by atoms with Gasteiger partial charge < -0.3 is 4.90 Å². The first-order valence-electron chi connectivity index (χ1n) is 6.74. The molecule has 1 heterocycles. The molecule has 1 nitrogen and oxygen atoms in total. The van der Waals surface area contributed by atoms with Crippen molar-refractivity contribution in [2.45, 2.75) is 32.7 Å². The molecule has 1 aliphatic rings. The van der Waals surface area contributed by atoms with Gasteiger partial charge in [0.25, 0.3) is 0 Å². The van der Waals surface area contributed by atoms with Gasteiger partial charge in [-0.1, -0.05) is 55.8 Å². The Kier molecular flexibility index (Phi) is 4.83. The zero-order valence-corrected chi connectivity index (χ0v) is 11.0. The van der Waals surface area contributed by atoms with E-state index in [0.29, 0.717) is 0 Å². The highest BCUT2D eigenvalue weighted by atomic mass is 15.1. The van der Waals surface area contributed by atoms with E-state index in [-0.39, 0.29) is 0 Å². The van der Waals surface area contributed by atoms with Crippen LogP contribution in [0.1, 0.15) is 31.7 Å². The lowest BCUT2D eigenvalue weighted by Gasteiger charge is -2.23. The van der Waals surface area contributed by atoms with Crippen molar-refractivity contribution >= 4 is 0 Å². The van der Waals surface area contributed by atoms with E-state index < -0.39 is 0 Å². The van der Waals surface area contributed by atoms with Crippen LogP contribution in [0, 0.1) is 0 Å². The molecule has 0 amide bonds. The molecule has 0 saturated carbocycles. The van der Waals surface area contributed by atoms with Crippen LogP contribution in [-0.4, -0.2) is 4.90 Å². The van der Waals surface area contributed by atoms with E-state index in [0.717, 1.165) is 13.0 Å². The third-order valence-corrected chi connectivity index (χ3v) is 3.13. The van der Waals surface area contributed by atoms with Crippen LogP contribution in [0.4, 0.5) is 0 Å². The van der Waals surface area contributed by atoms with E-state index in [2.05, 4.69) is 72.7 Å². The molecule has 0 atom stereocenters. The summed E-state index contributed by atoms with van der Waals surface area (Å²) in [4.78, 5) is 2.35. The van der Waals surface area contributed by atoms with Gasteiger partial charge in [0.05, 0.1) is 0 Å². The maximum absolute atomic E-state index is 2.35. The number of benzene rings is 1. The zero-order valence-electron chi connectivity index (χ0n) is 11.0. The van der Waals surface area contributed by atoms with Crippen LogP contribution < -0.4 is 0 Å². The van der Waals surface area contributed by atoms with E-state index in [4.69, 9.17) is 0 Å². The highest BCUT2D eigenvalue weighted by Crippen LogP contribution is 2.19. The summed E-state index contributed by atoms with van der Waals surface area (Å²) in [5.74, 6) is 0. The summed E-state index contributed by atoms with van der Waals surface area (Å²) < 4.78 is 0. The maximum atomic E-state index is 2.35. The second-order valence-corrected chi connectivity index (χ2v) is 4.60. The van der Waals surface area contributed by atoms with E-state index in [1.54, 1.807) is 0 Å². The molecule has 1 aromatic carbocycles. The lowest BCUT2D eigenvalue weighted by Crippen LogP contribution is -2.15. The average molecular weight is 239 g/mol. The second kappa shape index (κ2) is 6.85. The molecule has 0 radical (unpaired) electrons. The largest absolute Gasteiger partial charge is 0.347 e. The standard InChI is InChI=1S/C17H21N/c1-2-3-12-17-13-8-5-9-14-18(17)15-16-10-6-4-7-11-16/h4-11,13-14H,2-3,12,15H2,1H3. The summed E-state index contributed by atoms with van der Waals surface area (Å²) in [7, 11) is 0. The van der Waals surface area contributed by atoms with Crippen LogP contribution in [0.2, 0.25) is 0 Å². The zero-order chi connectivity index (χ0) is 12.6. The first-order chi connectivity index (χ1) is 8.90. The quantitative estimate of drug-likeness (QED) is 0.723. The summed E-state index contributed by atoms with van der Waals surface area (Å²) in [6.45, 7) is 3.19. The van der Waals surface area contributed by atoms with Crippen molar-refractivity contribution in [3.63, 3.8) is 0 Å². The first-order valence-corrected chi connectivity index (χ1v) is 6.74. The van der Waals surface area contributed by atoms with E-state index in [1.807, 2.05) is 0 Å². The summed E-state index contributed by atoms with van der Waals surface area (Å²) in [6.07, 6.45) is 14.4. The molecular formula is C17H21N. The van der Waals surface area contributed by atoms with Crippen molar-refractivity contribution in [3.05, 3.63) is 72.1 Å². The Morgan fingerprint density at radius 2 is 1.83 bits per heavy atom. The Morgan fingerprint density at radius 3 is 2.61 bits per heavy atom. The minimum atomic E-state index is 0.953. The molecule has 0 fully saturated rings. The number of hydrogen-bond acceptors (Lipinski definition) is 1. The van der Waals surface area contributed by atoms with Crippen molar-refractivity contribution in [1.29, 1.82) is 0 Å². The van der Waals surface area contributed by atoms with Gasteiger partial charge in [-0.3, -0.25) is 0 Å². The second-order valence-electron chi connectivity index (χ2n) is 4.60. The molecule has 0 aromatic heterocycles. The lowest BCUT2D eigenvalue weighted by molar-refractivity contribution is 0.435. The molecule has 0 spiro atoms. The molecule has 94 valence electrons. The van der Waals surface area contributed by atoms with Crippen LogP contribution in [0.15, 0.2) is 66.5 Å². The number of unbranched alkanes of at least 4 members (excludes halogenated alkanes) is 1. The third kappa shape index (κ3) is 3.63. The van der Waals surface area contributed by atoms with Gasteiger partial charge in [0.2, 0.25) is 0 Å². The summed E-state index contributed by atoms with van der Waals surface area (Å²) >= 11 is 0. The van der Waals surface area contributed by atoms with Crippen LogP contribution in [0.3, 0.4) is 0 Å². The van der Waals surface area contributed by atoms with Crippen LogP contribution in [0.25, 0.3) is 0 Å². The molecule has 18 heavy (non-hydrogen) atoms. The van der Waals surface area contributed by atoms with E-state index >= 15 is 0 Å². The number of allylic oxidation sites excluding steroid dienone is 5. The lowest BCUT2D eigenvalue weighted by atomic mass is 10.1. The highest BCUT2D eigenvalue weighted by Gasteiger charge is 2.07. The van der Waals surface area contributed by atoms with Gasteiger partial charge in [-0.2, -0.15) is 0 Å². The van der Waals surface area contributed by atoms with Gasteiger partial charge in [-0.25, -0.2) is 0 Å². The molecule has 2 rings (SSSR count). The molecule has 1 aliphatic heterocycles. The summed E-state index contributed by atoms with van der Waals surface area (Å²) in [5, 5.41) is 0. The smallest absolute Gasteiger partial charge is 0.0472 e. The van der Waals surface area contributed by atoms with Gasteiger partial charge in [-0.05, 0) is 30.6 Å². The number of rotatable bonds is 5. The Hall–Kier alpha value is -1.76. The molecule has 1 heteroatoms. The van der Waals surface area contributed by atoms with Gasteiger partial charge in [0.1, 0.15) is 0 Å². The monoisotopic (exact) mass is 239 g/mol. The third-order valence-electron chi connectivity index (χ3n) is 3.13. The maximum Gasteiger partial charge on any atom is 0.0472 e. The van der Waals surface area contributed by atoms with Gasteiger partial charge in [0.15, 0.2) is 0 Å². The topological polar surface area (TPSA) is 3.24 Å². The predicted octanol–water partition coefficient (Wildman–Crippen LogP) is 4.65. The number of nitrogens with zero attached hydrogens (tertiary/aromatic N) is 1. The molecule has 0 aliphatic carbocycles. The van der Waals surface area contributed by atoms with Crippen molar-refractivity contribution < 1.29 is 0 Å². The van der Waals surface area contributed by atoms with E-state index in [1.165, 1.54) is 24.1 Å². The van der Waals surface area contributed by atoms with Crippen molar-refractivity contribution in [2.75, 3.05) is 0 Å². The fourth-order valence-corrected chi connectivity index (χ4v) is 2.10. The number of hydrogen-bond donors (Lipinski definition) is 0. The Labute approximate surface area is 110 Å². The van der Waals surface area contributed by atoms with Crippen molar-refractivity contribution in [2.24, 2.45) is 0 Å². The minimum absolute atomic E-state index is 0.953. The predicted molar refractivity (Wildman–Crippen MR) is 77.9 cm³/mol. The van der Waals surface area contributed by atoms with Gasteiger partial charge in [-0.15, -0.1) is 0 Å². The highest BCUT2D eigenvalue weighted by molar-refractivity contribution is 5.24. The fourth-order valence-electron chi connectivity index (χ4n) is 2.10. The summed E-state index contributed by atoms with van der Waals surface area (Å²) in [5.41, 5.74) is 2.76. The van der Waals surface area contributed by atoms with Crippen LogP contribution >= 0.6 is 0 Å². The Bertz CT molecular complexity index is 440. The fraction of sp³-hybridized carbons (Fsp3) is 0.294. The van der Waals surface area contributed by atoms with Crippen LogP contribution in [-0.2, 0) is 6.54 Å². The van der Waals surface area contributed by atoms with Crippen LogP contribution in [0.5, 0.6) is 0 Å². The summed E-state index contributed by atoms with van der Waals surface area (Å²) in [6, 6.07) is 10.6. The molecule has 0 N–H and O–H groups in total. The molecule has 0 saturated heterocycles. The van der Waals surface area contributed by atoms with Crippen molar-refractivity contribution in [1.82, 2.24) is 4.90 Å². The Balaban J connectivity index is 2.08. The molecular weight excluding hydrogens is 218 g/mol. The first kappa shape index (κ1) is 12.7. The molecule has 0 unspecified atom stereocenters. The van der Waals surface area contributed by atoms with Crippen molar-refractivity contribution in [3.8, 4) is 0 Å². The minimum Gasteiger partial charge on any atom is -0.347 e. The molecule has 0 bridgehead atoms. The van der Waals surface area contributed by atoms with Gasteiger partial charge in [0, 0.05) is 18.4 Å². The molecule has 1 aromatic rings. The van der Waals surface area contributed by atoms with E-state index in [9.17, 15) is 0 Å². The normalized spacial score (nSPS) is 14.5.